The molecule has 150 valence electrons. The lowest BCUT2D eigenvalue weighted by atomic mass is 10.2. The molecule has 1 N–H and O–H groups in total. The van der Waals surface area contributed by atoms with Crippen molar-refractivity contribution in [3.05, 3.63) is 84.4 Å². The van der Waals surface area contributed by atoms with Crippen molar-refractivity contribution in [2.24, 2.45) is 0 Å². The molecule has 0 fully saturated rings. The van der Waals surface area contributed by atoms with E-state index < -0.39 is 0 Å². The van der Waals surface area contributed by atoms with Crippen molar-refractivity contribution in [3.8, 4) is 17.6 Å². The normalized spacial score (nSPS) is 10.0. The molecule has 30 heavy (non-hydrogen) atoms. The maximum atomic E-state index is 12.4. The molecule has 0 saturated heterocycles. The molecule has 3 rings (SSSR count). The predicted molar refractivity (Wildman–Crippen MR) is 115 cm³/mol. The molecule has 0 aliphatic heterocycles. The third-order valence-corrected chi connectivity index (χ3v) is 4.35. The summed E-state index contributed by atoms with van der Waals surface area (Å²) >= 11 is 0. The third-order valence-electron chi connectivity index (χ3n) is 4.35. The molecule has 0 aliphatic carbocycles. The molecule has 6 heteroatoms. The number of nitrogens with zero attached hydrogens (tertiary/aromatic N) is 2. The highest BCUT2D eigenvalue weighted by Gasteiger charge is 2.18. The lowest BCUT2D eigenvalue weighted by Gasteiger charge is -2.23. The Morgan fingerprint density at radius 2 is 1.73 bits per heavy atom. The van der Waals surface area contributed by atoms with Crippen LogP contribution in [0.15, 0.2) is 78.9 Å². The molecule has 3 aromatic rings. The number of carbonyl (C=O) groups is 2. The summed E-state index contributed by atoms with van der Waals surface area (Å²) in [6.45, 7) is 1.64. The summed E-state index contributed by atoms with van der Waals surface area (Å²) in [4.78, 5) is 26.2. The average Bonchev–Trinajstić information content (AvgIpc) is 2.75. The fourth-order valence-electron chi connectivity index (χ4n) is 2.93. The monoisotopic (exact) mass is 399 g/mol. The van der Waals surface area contributed by atoms with Crippen molar-refractivity contribution in [1.29, 1.82) is 5.26 Å². The van der Waals surface area contributed by atoms with Gasteiger partial charge in [-0.3, -0.25) is 9.59 Å². The number of hydrogen-bond acceptors (Lipinski definition) is 4. The first-order valence-corrected chi connectivity index (χ1v) is 9.47. The van der Waals surface area contributed by atoms with Crippen LogP contribution in [-0.4, -0.2) is 18.4 Å². The Bertz CT molecular complexity index is 1070. The van der Waals surface area contributed by atoms with Crippen molar-refractivity contribution in [3.63, 3.8) is 0 Å². The van der Waals surface area contributed by atoms with Gasteiger partial charge in [0.05, 0.1) is 17.3 Å². The van der Waals surface area contributed by atoms with Gasteiger partial charge in [-0.05, 0) is 42.5 Å². The smallest absolute Gasteiger partial charge is 0.226 e. The standard InChI is InChI=1S/C24H21N3O3/c1-18(28)27(15-14-24(29)26-20-9-7-8-19(16-20)17-25)22-12-5-6-13-23(22)30-21-10-3-2-4-11-21/h2-13,16H,14-15H2,1H3,(H,26,29). The highest BCUT2D eigenvalue weighted by molar-refractivity contribution is 5.95. The molecule has 0 unspecified atom stereocenters. The van der Waals surface area contributed by atoms with Gasteiger partial charge in [-0.25, -0.2) is 0 Å². The first-order valence-electron chi connectivity index (χ1n) is 9.47. The van der Waals surface area contributed by atoms with Crippen LogP contribution in [0.25, 0.3) is 0 Å². The summed E-state index contributed by atoms with van der Waals surface area (Å²) in [7, 11) is 0. The van der Waals surface area contributed by atoms with E-state index in [1.54, 1.807) is 36.4 Å². The predicted octanol–water partition coefficient (Wildman–Crippen LogP) is 4.73. The van der Waals surface area contributed by atoms with E-state index >= 15 is 0 Å². The van der Waals surface area contributed by atoms with E-state index in [-0.39, 0.29) is 24.8 Å². The van der Waals surface area contributed by atoms with Crippen LogP contribution >= 0.6 is 0 Å². The summed E-state index contributed by atoms with van der Waals surface area (Å²) < 4.78 is 5.94. The van der Waals surface area contributed by atoms with E-state index in [0.29, 0.717) is 28.4 Å². The second-order valence-electron chi connectivity index (χ2n) is 6.54. The van der Waals surface area contributed by atoms with Crippen molar-refractivity contribution in [2.75, 3.05) is 16.8 Å². The van der Waals surface area contributed by atoms with Crippen LogP contribution in [0.2, 0.25) is 0 Å². The summed E-state index contributed by atoms with van der Waals surface area (Å²) in [5, 5.41) is 11.7. The lowest BCUT2D eigenvalue weighted by Crippen LogP contribution is -2.32. The Balaban J connectivity index is 1.71. The van der Waals surface area contributed by atoms with Crippen LogP contribution in [0.3, 0.4) is 0 Å². The Hall–Kier alpha value is -4.11. The molecule has 3 aromatic carbocycles. The Morgan fingerprint density at radius 1 is 1.00 bits per heavy atom. The van der Waals surface area contributed by atoms with E-state index in [0.717, 1.165) is 0 Å². The van der Waals surface area contributed by atoms with Crippen LogP contribution in [0.1, 0.15) is 18.9 Å². The summed E-state index contributed by atoms with van der Waals surface area (Å²) in [5.74, 6) is 0.737. The second-order valence-corrected chi connectivity index (χ2v) is 6.54. The number of carbonyl (C=O) groups excluding carboxylic acids is 2. The van der Waals surface area contributed by atoms with Crippen LogP contribution < -0.4 is 15.0 Å². The van der Waals surface area contributed by atoms with E-state index in [1.165, 1.54) is 11.8 Å². The molecule has 0 aliphatic rings. The van der Waals surface area contributed by atoms with Crippen molar-refractivity contribution in [1.82, 2.24) is 0 Å². The zero-order valence-electron chi connectivity index (χ0n) is 16.5. The SMILES string of the molecule is CC(=O)N(CCC(=O)Nc1cccc(C#N)c1)c1ccccc1Oc1ccccc1. The zero-order chi connectivity index (χ0) is 21.3. The van der Waals surface area contributed by atoms with Crippen LogP contribution in [0.5, 0.6) is 11.5 Å². The van der Waals surface area contributed by atoms with Crippen molar-refractivity contribution >= 4 is 23.2 Å². The number of nitriles is 1. The number of ether oxygens (including phenoxy) is 1. The topological polar surface area (TPSA) is 82.4 Å². The minimum Gasteiger partial charge on any atom is -0.455 e. The van der Waals surface area contributed by atoms with Gasteiger partial charge in [0, 0.05) is 25.6 Å². The number of amides is 2. The molecule has 0 heterocycles. The zero-order valence-corrected chi connectivity index (χ0v) is 16.5. The molecular weight excluding hydrogens is 378 g/mol. The molecule has 0 aromatic heterocycles. The second kappa shape index (κ2) is 9.89. The molecule has 0 bridgehead atoms. The summed E-state index contributed by atoms with van der Waals surface area (Å²) in [5.41, 5.74) is 1.60. The van der Waals surface area contributed by atoms with E-state index in [9.17, 15) is 9.59 Å². The fraction of sp³-hybridized carbons (Fsp3) is 0.125. The van der Waals surface area contributed by atoms with Gasteiger partial charge in [-0.2, -0.15) is 5.26 Å². The summed E-state index contributed by atoms with van der Waals surface area (Å²) in [6, 6.07) is 25.2. The van der Waals surface area contributed by atoms with Gasteiger partial charge < -0.3 is 15.0 Å². The lowest BCUT2D eigenvalue weighted by molar-refractivity contribution is -0.117. The highest BCUT2D eigenvalue weighted by atomic mass is 16.5. The van der Waals surface area contributed by atoms with Crippen molar-refractivity contribution in [2.45, 2.75) is 13.3 Å². The minimum absolute atomic E-state index is 0.0933. The van der Waals surface area contributed by atoms with Gasteiger partial charge in [0.2, 0.25) is 11.8 Å². The molecule has 0 spiro atoms. The Labute approximate surface area is 175 Å². The number of anilines is 2. The minimum atomic E-state index is -0.252. The average molecular weight is 399 g/mol. The van der Waals surface area contributed by atoms with Gasteiger partial charge >= 0.3 is 0 Å². The highest BCUT2D eigenvalue weighted by Crippen LogP contribution is 2.32. The number of nitrogens with one attached hydrogen (secondary N) is 1. The maximum Gasteiger partial charge on any atom is 0.226 e. The molecule has 0 saturated carbocycles. The fourth-order valence-corrected chi connectivity index (χ4v) is 2.93. The molecular formula is C24H21N3O3. The van der Waals surface area contributed by atoms with Gasteiger partial charge in [0.15, 0.2) is 5.75 Å². The maximum absolute atomic E-state index is 12.4. The molecule has 0 atom stereocenters. The molecule has 0 radical (unpaired) electrons. The number of benzene rings is 3. The van der Waals surface area contributed by atoms with Gasteiger partial charge in [0.25, 0.3) is 0 Å². The largest absolute Gasteiger partial charge is 0.455 e. The first-order chi connectivity index (χ1) is 14.6. The van der Waals surface area contributed by atoms with Crippen molar-refractivity contribution < 1.29 is 14.3 Å². The van der Waals surface area contributed by atoms with E-state index in [4.69, 9.17) is 10.00 Å². The van der Waals surface area contributed by atoms with Crippen LogP contribution in [0.4, 0.5) is 11.4 Å². The Kier molecular flexibility index (Phi) is 6.80. The first kappa shape index (κ1) is 20.6. The number of para-hydroxylation sites is 3. The third kappa shape index (κ3) is 5.46. The number of rotatable bonds is 7. The van der Waals surface area contributed by atoms with Gasteiger partial charge in [-0.15, -0.1) is 0 Å². The van der Waals surface area contributed by atoms with Crippen LogP contribution in [-0.2, 0) is 9.59 Å². The molecule has 2 amide bonds. The molecule has 6 nitrogen and oxygen atoms in total. The van der Waals surface area contributed by atoms with Gasteiger partial charge in [0.1, 0.15) is 5.75 Å². The quantitative estimate of drug-likeness (QED) is 0.622. The van der Waals surface area contributed by atoms with Crippen LogP contribution in [0, 0.1) is 11.3 Å². The van der Waals surface area contributed by atoms with E-state index in [1.807, 2.05) is 48.5 Å². The van der Waals surface area contributed by atoms with E-state index in [2.05, 4.69) is 5.32 Å². The van der Waals surface area contributed by atoms with Gasteiger partial charge in [-0.1, -0.05) is 36.4 Å². The number of hydrogen-bond donors (Lipinski definition) is 1. The Morgan fingerprint density at radius 3 is 2.47 bits per heavy atom. The summed E-state index contributed by atoms with van der Waals surface area (Å²) in [6.07, 6.45) is 0.0933.